The van der Waals surface area contributed by atoms with Crippen LogP contribution in [0.15, 0.2) is 17.5 Å². The lowest BCUT2D eigenvalue weighted by Crippen LogP contribution is -2.49. The van der Waals surface area contributed by atoms with Gasteiger partial charge in [0.15, 0.2) is 0 Å². The van der Waals surface area contributed by atoms with E-state index in [1.807, 2.05) is 11.3 Å². The smallest absolute Gasteiger partial charge is 0.0332 e. The van der Waals surface area contributed by atoms with Crippen molar-refractivity contribution in [3.05, 3.63) is 22.4 Å². The second-order valence-electron chi connectivity index (χ2n) is 4.57. The van der Waals surface area contributed by atoms with E-state index >= 15 is 0 Å². The van der Waals surface area contributed by atoms with Crippen molar-refractivity contribution in [2.24, 2.45) is 5.73 Å². The van der Waals surface area contributed by atoms with E-state index in [1.165, 1.54) is 30.6 Å². The van der Waals surface area contributed by atoms with Crippen LogP contribution >= 0.6 is 11.3 Å². The molecule has 1 aliphatic rings. The normalized spacial score (nSPS) is 19.9. The van der Waals surface area contributed by atoms with Crippen LogP contribution in [0.1, 0.15) is 30.6 Å². The van der Waals surface area contributed by atoms with Gasteiger partial charge in [0, 0.05) is 23.5 Å². The molecule has 2 nitrogen and oxygen atoms in total. The molecule has 1 fully saturated rings. The summed E-state index contributed by atoms with van der Waals surface area (Å²) in [6, 6.07) is 4.33. The Kier molecular flexibility index (Phi) is 3.44. The molecule has 0 saturated heterocycles. The summed E-state index contributed by atoms with van der Waals surface area (Å²) in [5.41, 5.74) is 6.24. The first-order chi connectivity index (χ1) is 7.27. The molecule has 0 unspecified atom stereocenters. The maximum absolute atomic E-state index is 5.96. The molecule has 1 aromatic heterocycles. The molecular weight excluding hydrogens is 204 g/mol. The minimum atomic E-state index is 0.282. The van der Waals surface area contributed by atoms with Crippen LogP contribution in [0.5, 0.6) is 0 Å². The van der Waals surface area contributed by atoms with Crippen molar-refractivity contribution in [2.45, 2.75) is 37.8 Å². The second kappa shape index (κ2) is 4.64. The molecule has 0 amide bonds. The van der Waals surface area contributed by atoms with E-state index in [-0.39, 0.29) is 5.54 Å². The number of nitrogens with two attached hydrogens (primary N) is 1. The Morgan fingerprint density at radius 3 is 2.73 bits per heavy atom. The van der Waals surface area contributed by atoms with E-state index in [0.29, 0.717) is 0 Å². The Morgan fingerprint density at radius 1 is 1.47 bits per heavy atom. The van der Waals surface area contributed by atoms with Gasteiger partial charge in [0.1, 0.15) is 0 Å². The number of likely N-dealkylation sites (N-methyl/N-ethyl adjacent to an activating group) is 1. The van der Waals surface area contributed by atoms with Crippen LogP contribution in [0.4, 0.5) is 0 Å². The van der Waals surface area contributed by atoms with Gasteiger partial charge < -0.3 is 5.73 Å². The summed E-state index contributed by atoms with van der Waals surface area (Å²) in [6.07, 6.45) is 5.22. The maximum atomic E-state index is 5.96. The van der Waals surface area contributed by atoms with Crippen molar-refractivity contribution < 1.29 is 0 Å². The van der Waals surface area contributed by atoms with Crippen molar-refractivity contribution in [3.63, 3.8) is 0 Å². The molecule has 15 heavy (non-hydrogen) atoms. The Morgan fingerprint density at radius 2 is 2.20 bits per heavy atom. The third-order valence-electron chi connectivity index (χ3n) is 3.70. The minimum absolute atomic E-state index is 0.282. The van der Waals surface area contributed by atoms with Gasteiger partial charge in [0.05, 0.1) is 0 Å². The second-order valence-corrected chi connectivity index (χ2v) is 5.60. The van der Waals surface area contributed by atoms with Gasteiger partial charge in [-0.05, 0) is 31.3 Å². The first kappa shape index (κ1) is 11.1. The first-order valence-electron chi connectivity index (χ1n) is 5.70. The van der Waals surface area contributed by atoms with Gasteiger partial charge in [0.2, 0.25) is 0 Å². The summed E-state index contributed by atoms with van der Waals surface area (Å²) in [7, 11) is 2.22. The zero-order valence-electron chi connectivity index (χ0n) is 9.41. The highest BCUT2D eigenvalue weighted by molar-refractivity contribution is 7.09. The van der Waals surface area contributed by atoms with Crippen molar-refractivity contribution in [3.8, 4) is 0 Å². The summed E-state index contributed by atoms with van der Waals surface area (Å²) in [5.74, 6) is 0. The SMILES string of the molecule is CN(Cc1cccs1)C1(CN)CCCC1. The molecular formula is C12H20N2S. The molecule has 1 aromatic rings. The quantitative estimate of drug-likeness (QED) is 0.851. The lowest BCUT2D eigenvalue weighted by atomic mass is 9.96. The number of thiophene rings is 1. The molecule has 0 bridgehead atoms. The number of rotatable bonds is 4. The molecule has 84 valence electrons. The van der Waals surface area contributed by atoms with Crippen LogP contribution in [0, 0.1) is 0 Å². The molecule has 1 saturated carbocycles. The molecule has 0 aliphatic heterocycles. The zero-order chi connectivity index (χ0) is 10.7. The fraction of sp³-hybridized carbons (Fsp3) is 0.667. The van der Waals surface area contributed by atoms with Crippen LogP contribution in [0.3, 0.4) is 0 Å². The van der Waals surface area contributed by atoms with Gasteiger partial charge in [0.25, 0.3) is 0 Å². The highest BCUT2D eigenvalue weighted by Crippen LogP contribution is 2.34. The Balaban J connectivity index is 2.02. The standard InChI is InChI=1S/C12H20N2S/c1-14(9-11-5-4-8-15-11)12(10-13)6-2-3-7-12/h4-5,8H,2-3,6-7,9-10,13H2,1H3. The zero-order valence-corrected chi connectivity index (χ0v) is 10.2. The summed E-state index contributed by atoms with van der Waals surface area (Å²) >= 11 is 1.84. The van der Waals surface area contributed by atoms with E-state index in [4.69, 9.17) is 5.73 Å². The molecule has 2 rings (SSSR count). The summed E-state index contributed by atoms with van der Waals surface area (Å²) in [6.45, 7) is 1.85. The van der Waals surface area contributed by atoms with Crippen molar-refractivity contribution in [1.82, 2.24) is 4.90 Å². The van der Waals surface area contributed by atoms with Crippen molar-refractivity contribution >= 4 is 11.3 Å². The van der Waals surface area contributed by atoms with Crippen LogP contribution in [-0.2, 0) is 6.54 Å². The molecule has 1 aliphatic carbocycles. The van der Waals surface area contributed by atoms with Crippen molar-refractivity contribution in [1.29, 1.82) is 0 Å². The van der Waals surface area contributed by atoms with Gasteiger partial charge in [-0.3, -0.25) is 4.90 Å². The minimum Gasteiger partial charge on any atom is -0.329 e. The van der Waals surface area contributed by atoms with Gasteiger partial charge in [-0.25, -0.2) is 0 Å². The Bertz CT molecular complexity index is 289. The predicted molar refractivity (Wildman–Crippen MR) is 66.0 cm³/mol. The average Bonchev–Trinajstić information content (AvgIpc) is 2.87. The number of hydrogen-bond donors (Lipinski definition) is 1. The predicted octanol–water partition coefficient (Wildman–Crippen LogP) is 2.45. The largest absolute Gasteiger partial charge is 0.329 e. The van der Waals surface area contributed by atoms with Crippen molar-refractivity contribution in [2.75, 3.05) is 13.6 Å². The third-order valence-corrected chi connectivity index (χ3v) is 4.56. The Labute approximate surface area is 96.1 Å². The maximum Gasteiger partial charge on any atom is 0.0332 e. The van der Waals surface area contributed by atoms with Crippen LogP contribution < -0.4 is 5.73 Å². The van der Waals surface area contributed by atoms with E-state index in [9.17, 15) is 0 Å². The van der Waals surface area contributed by atoms with Gasteiger partial charge >= 0.3 is 0 Å². The molecule has 0 radical (unpaired) electrons. The van der Waals surface area contributed by atoms with E-state index in [1.54, 1.807) is 0 Å². The molecule has 0 spiro atoms. The van der Waals surface area contributed by atoms with Crippen LogP contribution in [-0.4, -0.2) is 24.0 Å². The lowest BCUT2D eigenvalue weighted by molar-refractivity contribution is 0.125. The monoisotopic (exact) mass is 224 g/mol. The van der Waals surface area contributed by atoms with E-state index < -0.39 is 0 Å². The van der Waals surface area contributed by atoms with E-state index in [2.05, 4.69) is 29.5 Å². The topological polar surface area (TPSA) is 29.3 Å². The highest BCUT2D eigenvalue weighted by Gasteiger charge is 2.36. The molecule has 3 heteroatoms. The summed E-state index contributed by atoms with van der Waals surface area (Å²) in [4.78, 5) is 3.91. The first-order valence-corrected chi connectivity index (χ1v) is 6.58. The Hall–Kier alpha value is -0.380. The number of nitrogens with zero attached hydrogens (tertiary/aromatic N) is 1. The summed E-state index contributed by atoms with van der Waals surface area (Å²) < 4.78 is 0. The molecule has 1 heterocycles. The third kappa shape index (κ3) is 2.25. The highest BCUT2D eigenvalue weighted by atomic mass is 32.1. The molecule has 0 aromatic carbocycles. The van der Waals surface area contributed by atoms with Gasteiger partial charge in [-0.1, -0.05) is 18.9 Å². The van der Waals surface area contributed by atoms with E-state index in [0.717, 1.165) is 13.1 Å². The fourth-order valence-electron chi connectivity index (χ4n) is 2.58. The fourth-order valence-corrected chi connectivity index (χ4v) is 3.34. The van der Waals surface area contributed by atoms with Crippen LogP contribution in [0.2, 0.25) is 0 Å². The number of hydrogen-bond acceptors (Lipinski definition) is 3. The van der Waals surface area contributed by atoms with Gasteiger partial charge in [-0.2, -0.15) is 0 Å². The lowest BCUT2D eigenvalue weighted by Gasteiger charge is -2.37. The molecule has 0 atom stereocenters. The summed E-state index contributed by atoms with van der Waals surface area (Å²) in [5, 5.41) is 2.15. The van der Waals surface area contributed by atoms with Crippen LogP contribution in [0.25, 0.3) is 0 Å². The molecule has 2 N–H and O–H groups in total. The van der Waals surface area contributed by atoms with Gasteiger partial charge in [-0.15, -0.1) is 11.3 Å². The average molecular weight is 224 g/mol.